The number of aryl methyl sites for hydroxylation is 1. The SMILES string of the molecule is CNC(=O)c1ccc(NC(=O)Cc2c(C)nn(CC(C)C)c2C)cc1. The number of nitrogens with one attached hydrogen (secondary N) is 2. The van der Waals surface area contributed by atoms with Gasteiger partial charge in [-0.2, -0.15) is 5.10 Å². The van der Waals surface area contributed by atoms with Crippen molar-refractivity contribution in [1.29, 1.82) is 0 Å². The molecule has 0 fully saturated rings. The fourth-order valence-electron chi connectivity index (χ4n) is 2.73. The predicted molar refractivity (Wildman–Crippen MR) is 98.7 cm³/mol. The van der Waals surface area contributed by atoms with E-state index in [1.165, 1.54) is 0 Å². The van der Waals surface area contributed by atoms with Crippen LogP contribution in [-0.4, -0.2) is 28.6 Å². The van der Waals surface area contributed by atoms with Crippen LogP contribution in [0.5, 0.6) is 0 Å². The van der Waals surface area contributed by atoms with Crippen molar-refractivity contribution in [2.24, 2.45) is 5.92 Å². The Morgan fingerprint density at radius 2 is 1.80 bits per heavy atom. The second kappa shape index (κ2) is 7.96. The third-order valence-electron chi connectivity index (χ3n) is 4.06. The van der Waals surface area contributed by atoms with Gasteiger partial charge in [-0.1, -0.05) is 13.8 Å². The lowest BCUT2D eigenvalue weighted by molar-refractivity contribution is -0.115. The molecule has 2 rings (SSSR count). The first-order valence-electron chi connectivity index (χ1n) is 8.46. The molecule has 0 radical (unpaired) electrons. The van der Waals surface area contributed by atoms with Crippen molar-refractivity contribution in [2.45, 2.75) is 40.7 Å². The molecule has 0 atom stereocenters. The highest BCUT2D eigenvalue weighted by Crippen LogP contribution is 2.17. The molecule has 2 N–H and O–H groups in total. The predicted octanol–water partition coefficient (Wildman–Crippen LogP) is 2.70. The van der Waals surface area contributed by atoms with E-state index in [0.29, 0.717) is 17.2 Å². The van der Waals surface area contributed by atoms with E-state index in [1.54, 1.807) is 31.3 Å². The van der Waals surface area contributed by atoms with Crippen molar-refractivity contribution in [3.63, 3.8) is 0 Å². The van der Waals surface area contributed by atoms with Crippen molar-refractivity contribution in [2.75, 3.05) is 12.4 Å². The Morgan fingerprint density at radius 3 is 2.36 bits per heavy atom. The summed E-state index contributed by atoms with van der Waals surface area (Å²) in [4.78, 5) is 23.9. The summed E-state index contributed by atoms with van der Waals surface area (Å²) in [7, 11) is 1.59. The number of aromatic nitrogens is 2. The lowest BCUT2D eigenvalue weighted by Crippen LogP contribution is -2.18. The molecule has 2 amide bonds. The molecule has 0 aliphatic carbocycles. The highest BCUT2D eigenvalue weighted by molar-refractivity contribution is 5.96. The zero-order chi connectivity index (χ0) is 18.6. The summed E-state index contributed by atoms with van der Waals surface area (Å²) in [5, 5.41) is 9.98. The van der Waals surface area contributed by atoms with Gasteiger partial charge in [0.05, 0.1) is 12.1 Å². The van der Waals surface area contributed by atoms with Crippen LogP contribution in [0, 0.1) is 19.8 Å². The number of nitrogens with zero attached hydrogens (tertiary/aromatic N) is 2. The van der Waals surface area contributed by atoms with E-state index in [1.807, 2.05) is 18.5 Å². The topological polar surface area (TPSA) is 76.0 Å². The van der Waals surface area contributed by atoms with Crippen molar-refractivity contribution in [3.05, 3.63) is 46.8 Å². The van der Waals surface area contributed by atoms with Gasteiger partial charge in [0, 0.05) is 36.1 Å². The molecule has 0 aliphatic rings. The fourth-order valence-corrected chi connectivity index (χ4v) is 2.73. The van der Waals surface area contributed by atoms with Gasteiger partial charge >= 0.3 is 0 Å². The van der Waals surface area contributed by atoms with Crippen LogP contribution >= 0.6 is 0 Å². The van der Waals surface area contributed by atoms with Crippen LogP contribution in [0.3, 0.4) is 0 Å². The first-order valence-corrected chi connectivity index (χ1v) is 8.46. The molecule has 1 aromatic heterocycles. The van der Waals surface area contributed by atoms with Crippen molar-refractivity contribution in [3.8, 4) is 0 Å². The zero-order valence-corrected chi connectivity index (χ0v) is 15.5. The maximum atomic E-state index is 12.4. The van der Waals surface area contributed by atoms with Gasteiger partial charge in [-0.05, 0) is 44.0 Å². The average Bonchev–Trinajstić information content (AvgIpc) is 2.81. The number of hydrogen-bond acceptors (Lipinski definition) is 3. The standard InChI is InChI=1S/C19H26N4O2/c1-12(2)11-23-14(4)17(13(3)22-23)10-18(24)21-16-8-6-15(7-9-16)19(25)20-5/h6-9,12H,10-11H2,1-5H3,(H,20,25)(H,21,24). The molecule has 0 spiro atoms. The monoisotopic (exact) mass is 342 g/mol. The van der Waals surface area contributed by atoms with E-state index in [2.05, 4.69) is 29.6 Å². The second-order valence-corrected chi connectivity index (χ2v) is 6.61. The van der Waals surface area contributed by atoms with Gasteiger partial charge in [0.15, 0.2) is 0 Å². The zero-order valence-electron chi connectivity index (χ0n) is 15.5. The van der Waals surface area contributed by atoms with Crippen LogP contribution in [0.15, 0.2) is 24.3 Å². The van der Waals surface area contributed by atoms with Gasteiger partial charge in [0.25, 0.3) is 5.91 Å². The summed E-state index contributed by atoms with van der Waals surface area (Å²) in [6.45, 7) is 9.07. The summed E-state index contributed by atoms with van der Waals surface area (Å²) in [5.74, 6) is 0.253. The molecule has 0 bridgehead atoms. The Morgan fingerprint density at radius 1 is 1.16 bits per heavy atom. The number of rotatable bonds is 6. The van der Waals surface area contributed by atoms with E-state index in [9.17, 15) is 9.59 Å². The minimum Gasteiger partial charge on any atom is -0.355 e. The maximum absolute atomic E-state index is 12.4. The molecule has 134 valence electrons. The summed E-state index contributed by atoms with van der Waals surface area (Å²) in [5.41, 5.74) is 4.13. The lowest BCUT2D eigenvalue weighted by Gasteiger charge is -2.09. The number of anilines is 1. The van der Waals surface area contributed by atoms with E-state index < -0.39 is 0 Å². The maximum Gasteiger partial charge on any atom is 0.251 e. The van der Waals surface area contributed by atoms with E-state index in [4.69, 9.17) is 0 Å². The Bertz CT molecular complexity index is 760. The van der Waals surface area contributed by atoms with Crippen LogP contribution in [0.4, 0.5) is 5.69 Å². The van der Waals surface area contributed by atoms with Crippen LogP contribution in [0.2, 0.25) is 0 Å². The molecule has 0 aliphatic heterocycles. The second-order valence-electron chi connectivity index (χ2n) is 6.61. The Hall–Kier alpha value is -2.63. The molecule has 0 unspecified atom stereocenters. The number of carbonyl (C=O) groups excluding carboxylic acids is 2. The molecular weight excluding hydrogens is 316 g/mol. The first-order chi connectivity index (χ1) is 11.8. The molecule has 0 saturated carbocycles. The first kappa shape index (κ1) is 18.7. The summed E-state index contributed by atoms with van der Waals surface area (Å²) in [6, 6.07) is 6.83. The van der Waals surface area contributed by atoms with Gasteiger partial charge in [0.1, 0.15) is 0 Å². The average molecular weight is 342 g/mol. The van der Waals surface area contributed by atoms with Gasteiger partial charge in [-0.3, -0.25) is 14.3 Å². The Labute approximate surface area is 148 Å². The third kappa shape index (κ3) is 4.68. The van der Waals surface area contributed by atoms with Gasteiger partial charge < -0.3 is 10.6 Å². The molecule has 1 aromatic carbocycles. The molecule has 6 nitrogen and oxygen atoms in total. The molecular formula is C19H26N4O2. The van der Waals surface area contributed by atoms with E-state index in [0.717, 1.165) is 23.5 Å². The summed E-state index contributed by atoms with van der Waals surface area (Å²) < 4.78 is 1.97. The summed E-state index contributed by atoms with van der Waals surface area (Å²) >= 11 is 0. The van der Waals surface area contributed by atoms with E-state index >= 15 is 0 Å². The largest absolute Gasteiger partial charge is 0.355 e. The molecule has 2 aromatic rings. The molecule has 1 heterocycles. The van der Waals surface area contributed by atoms with Gasteiger partial charge in [-0.15, -0.1) is 0 Å². The van der Waals surface area contributed by atoms with Crippen LogP contribution < -0.4 is 10.6 Å². The van der Waals surface area contributed by atoms with Crippen molar-refractivity contribution >= 4 is 17.5 Å². The van der Waals surface area contributed by atoms with Crippen LogP contribution in [-0.2, 0) is 17.8 Å². The van der Waals surface area contributed by atoms with Crippen LogP contribution in [0.1, 0.15) is 41.2 Å². The van der Waals surface area contributed by atoms with E-state index in [-0.39, 0.29) is 18.2 Å². The molecule has 6 heteroatoms. The number of amides is 2. The minimum atomic E-state index is -0.151. The van der Waals surface area contributed by atoms with Gasteiger partial charge in [0.2, 0.25) is 5.91 Å². The smallest absolute Gasteiger partial charge is 0.251 e. The summed E-state index contributed by atoms with van der Waals surface area (Å²) in [6.07, 6.45) is 0.285. The number of carbonyl (C=O) groups is 2. The molecule has 0 saturated heterocycles. The fraction of sp³-hybridized carbons (Fsp3) is 0.421. The van der Waals surface area contributed by atoms with Crippen molar-refractivity contribution in [1.82, 2.24) is 15.1 Å². The Balaban J connectivity index is 2.05. The molecule has 25 heavy (non-hydrogen) atoms. The van der Waals surface area contributed by atoms with Crippen molar-refractivity contribution < 1.29 is 9.59 Å². The number of benzene rings is 1. The van der Waals surface area contributed by atoms with Gasteiger partial charge in [-0.25, -0.2) is 0 Å². The minimum absolute atomic E-state index is 0.0945. The quantitative estimate of drug-likeness (QED) is 0.847. The normalized spacial score (nSPS) is 10.8. The highest BCUT2D eigenvalue weighted by atomic mass is 16.2. The van der Waals surface area contributed by atoms with Crippen LogP contribution in [0.25, 0.3) is 0 Å². The Kier molecular flexibility index (Phi) is 5.96. The third-order valence-corrected chi connectivity index (χ3v) is 4.06. The number of hydrogen-bond donors (Lipinski definition) is 2. The lowest BCUT2D eigenvalue weighted by atomic mass is 10.1. The highest BCUT2D eigenvalue weighted by Gasteiger charge is 2.15.